The zero-order valence-electron chi connectivity index (χ0n) is 8.82. The van der Waals surface area contributed by atoms with E-state index in [0.29, 0.717) is 0 Å². The molecule has 0 saturated carbocycles. The zero-order chi connectivity index (χ0) is 11.9. The Hall–Kier alpha value is -1.40. The zero-order valence-corrected chi connectivity index (χ0v) is 8.82. The van der Waals surface area contributed by atoms with Gasteiger partial charge >= 0.3 is 17.8 Å². The van der Waals surface area contributed by atoms with Crippen LogP contribution in [0.2, 0.25) is 0 Å². The van der Waals surface area contributed by atoms with Crippen molar-refractivity contribution in [1.29, 1.82) is 0 Å². The second-order valence-corrected chi connectivity index (χ2v) is 2.41. The third-order valence-electron chi connectivity index (χ3n) is 1.37. The lowest BCUT2D eigenvalue weighted by atomic mass is 10.5. The van der Waals surface area contributed by atoms with Crippen LogP contribution in [0.3, 0.4) is 0 Å². The molecule has 0 rings (SSSR count). The van der Waals surface area contributed by atoms with Crippen LogP contribution in [0.15, 0.2) is 12.7 Å². The number of hydrogen-bond donors (Lipinski definition) is 1. The molecule has 0 unspecified atom stereocenters. The Balaban J connectivity index is 4.84. The van der Waals surface area contributed by atoms with Gasteiger partial charge in [-0.25, -0.2) is 4.79 Å². The van der Waals surface area contributed by atoms with E-state index >= 15 is 0 Å². The standard InChI is InChI=1S/C9H15NO5/c1-4-7(11)15-9(8(10)12,13-5-2)14-6-3/h4H,1,5-6H2,2-3H3,(H2,10,12). The van der Waals surface area contributed by atoms with Gasteiger partial charge in [-0.3, -0.25) is 4.79 Å². The Kier molecular flexibility index (Phi) is 5.58. The fourth-order valence-corrected chi connectivity index (χ4v) is 0.847. The molecular weight excluding hydrogens is 202 g/mol. The smallest absolute Gasteiger partial charge is 0.397 e. The van der Waals surface area contributed by atoms with E-state index in [9.17, 15) is 9.59 Å². The van der Waals surface area contributed by atoms with E-state index in [-0.39, 0.29) is 13.2 Å². The Morgan fingerprint density at radius 2 is 1.80 bits per heavy atom. The van der Waals surface area contributed by atoms with Crippen molar-refractivity contribution < 1.29 is 23.8 Å². The first-order chi connectivity index (χ1) is 7.02. The fraction of sp³-hybridized carbons (Fsp3) is 0.556. The van der Waals surface area contributed by atoms with Crippen molar-refractivity contribution in [3.8, 4) is 0 Å². The maximum Gasteiger partial charge on any atom is 0.414 e. The van der Waals surface area contributed by atoms with E-state index < -0.39 is 17.8 Å². The summed E-state index contributed by atoms with van der Waals surface area (Å²) in [5.74, 6) is -4.04. The Morgan fingerprint density at radius 1 is 1.33 bits per heavy atom. The Morgan fingerprint density at radius 3 is 2.07 bits per heavy atom. The van der Waals surface area contributed by atoms with Gasteiger partial charge in [0.15, 0.2) is 0 Å². The molecule has 0 aromatic rings. The molecular formula is C9H15NO5. The third-order valence-corrected chi connectivity index (χ3v) is 1.37. The molecule has 2 N–H and O–H groups in total. The van der Waals surface area contributed by atoms with E-state index in [1.54, 1.807) is 13.8 Å². The molecule has 6 heteroatoms. The topological polar surface area (TPSA) is 87.8 Å². The van der Waals surface area contributed by atoms with Crippen LogP contribution in [0.4, 0.5) is 0 Å². The molecule has 0 aliphatic carbocycles. The summed E-state index contributed by atoms with van der Waals surface area (Å²) in [4.78, 5) is 22.1. The van der Waals surface area contributed by atoms with Crippen molar-refractivity contribution >= 4 is 11.9 Å². The van der Waals surface area contributed by atoms with Gasteiger partial charge in [-0.1, -0.05) is 6.58 Å². The van der Waals surface area contributed by atoms with Crippen LogP contribution >= 0.6 is 0 Å². The van der Waals surface area contributed by atoms with Gasteiger partial charge in [0.25, 0.3) is 0 Å². The second kappa shape index (κ2) is 6.15. The number of ether oxygens (including phenoxy) is 3. The summed E-state index contributed by atoms with van der Waals surface area (Å²) in [6.07, 6.45) is 0.885. The highest BCUT2D eigenvalue weighted by Crippen LogP contribution is 2.15. The average Bonchev–Trinajstić information content (AvgIpc) is 2.18. The van der Waals surface area contributed by atoms with Gasteiger partial charge in [-0.2, -0.15) is 0 Å². The van der Waals surface area contributed by atoms with Crippen LogP contribution in [-0.4, -0.2) is 31.1 Å². The van der Waals surface area contributed by atoms with Crippen molar-refractivity contribution in [2.24, 2.45) is 5.73 Å². The molecule has 0 saturated heterocycles. The summed E-state index contributed by atoms with van der Waals surface area (Å²) < 4.78 is 14.5. The minimum atomic E-state index is -2.16. The van der Waals surface area contributed by atoms with E-state index in [4.69, 9.17) is 15.2 Å². The Labute approximate surface area is 88.0 Å². The van der Waals surface area contributed by atoms with Crippen molar-refractivity contribution in [3.63, 3.8) is 0 Å². The molecule has 0 aliphatic heterocycles. The molecule has 0 bridgehead atoms. The highest BCUT2D eigenvalue weighted by Gasteiger charge is 2.43. The van der Waals surface area contributed by atoms with E-state index in [1.807, 2.05) is 0 Å². The van der Waals surface area contributed by atoms with E-state index in [1.165, 1.54) is 0 Å². The molecule has 0 radical (unpaired) electrons. The molecule has 6 nitrogen and oxygen atoms in total. The molecule has 0 aromatic heterocycles. The van der Waals surface area contributed by atoms with Gasteiger partial charge in [-0.05, 0) is 13.8 Å². The van der Waals surface area contributed by atoms with Crippen LogP contribution < -0.4 is 5.73 Å². The number of carbonyl (C=O) groups excluding carboxylic acids is 2. The van der Waals surface area contributed by atoms with Crippen LogP contribution in [0.1, 0.15) is 13.8 Å². The predicted molar refractivity (Wildman–Crippen MR) is 51.5 cm³/mol. The highest BCUT2D eigenvalue weighted by molar-refractivity contribution is 5.87. The summed E-state index contributed by atoms with van der Waals surface area (Å²) >= 11 is 0. The maximum absolute atomic E-state index is 11.1. The van der Waals surface area contributed by atoms with Crippen LogP contribution in [0, 0.1) is 0 Å². The lowest BCUT2D eigenvalue weighted by molar-refractivity contribution is -0.333. The van der Waals surface area contributed by atoms with Crippen molar-refractivity contribution in [2.45, 2.75) is 19.8 Å². The number of amides is 1. The number of carbonyl (C=O) groups is 2. The van der Waals surface area contributed by atoms with Crippen LogP contribution in [0.25, 0.3) is 0 Å². The Bertz CT molecular complexity index is 245. The van der Waals surface area contributed by atoms with Gasteiger partial charge in [0.2, 0.25) is 0 Å². The fourth-order valence-electron chi connectivity index (χ4n) is 0.847. The molecule has 0 aromatic carbocycles. The molecule has 86 valence electrons. The normalized spacial score (nSPS) is 10.8. The minimum absolute atomic E-state index is 0.105. The van der Waals surface area contributed by atoms with E-state index in [2.05, 4.69) is 11.3 Å². The first kappa shape index (κ1) is 13.6. The molecule has 0 heterocycles. The average molecular weight is 217 g/mol. The first-order valence-corrected chi connectivity index (χ1v) is 4.45. The number of nitrogens with two attached hydrogens (primary N) is 1. The van der Waals surface area contributed by atoms with Crippen LogP contribution in [-0.2, 0) is 23.8 Å². The van der Waals surface area contributed by atoms with E-state index in [0.717, 1.165) is 6.08 Å². The van der Waals surface area contributed by atoms with Gasteiger partial charge in [-0.15, -0.1) is 0 Å². The predicted octanol–water partition coefficient (Wildman–Crippen LogP) is -0.0723. The summed E-state index contributed by atoms with van der Waals surface area (Å²) in [6.45, 7) is 6.61. The summed E-state index contributed by atoms with van der Waals surface area (Å²) in [7, 11) is 0. The van der Waals surface area contributed by atoms with Gasteiger partial charge in [0.05, 0.1) is 13.2 Å². The van der Waals surface area contributed by atoms with Gasteiger partial charge in [0.1, 0.15) is 0 Å². The first-order valence-electron chi connectivity index (χ1n) is 4.45. The summed E-state index contributed by atoms with van der Waals surface area (Å²) in [5, 5.41) is 0. The summed E-state index contributed by atoms with van der Waals surface area (Å²) in [6, 6.07) is 0. The number of primary amides is 1. The van der Waals surface area contributed by atoms with Crippen molar-refractivity contribution in [1.82, 2.24) is 0 Å². The third kappa shape index (κ3) is 3.69. The molecule has 1 amide bonds. The quantitative estimate of drug-likeness (QED) is 0.366. The number of esters is 1. The molecule has 0 atom stereocenters. The number of hydrogen-bond acceptors (Lipinski definition) is 5. The minimum Gasteiger partial charge on any atom is -0.397 e. The van der Waals surface area contributed by atoms with Crippen molar-refractivity contribution in [2.75, 3.05) is 13.2 Å². The molecule has 0 spiro atoms. The van der Waals surface area contributed by atoms with Gasteiger partial charge < -0.3 is 19.9 Å². The monoisotopic (exact) mass is 217 g/mol. The molecule has 15 heavy (non-hydrogen) atoms. The number of rotatable bonds is 7. The van der Waals surface area contributed by atoms with Gasteiger partial charge in [0, 0.05) is 6.08 Å². The SMILES string of the molecule is C=CC(=O)OC(OCC)(OCC)C(N)=O. The van der Waals surface area contributed by atoms with Crippen molar-refractivity contribution in [3.05, 3.63) is 12.7 Å². The lowest BCUT2D eigenvalue weighted by Crippen LogP contribution is -2.52. The summed E-state index contributed by atoms with van der Waals surface area (Å²) in [5.41, 5.74) is 5.05. The second-order valence-electron chi connectivity index (χ2n) is 2.41. The lowest BCUT2D eigenvalue weighted by Gasteiger charge is -2.27. The highest BCUT2D eigenvalue weighted by atomic mass is 16.9. The largest absolute Gasteiger partial charge is 0.414 e. The molecule has 0 aliphatic rings. The van der Waals surface area contributed by atoms with Crippen LogP contribution in [0.5, 0.6) is 0 Å². The molecule has 0 fully saturated rings. The maximum atomic E-state index is 11.1.